The number of pyridine rings is 1. The second-order valence-corrected chi connectivity index (χ2v) is 3.98. The van der Waals surface area contributed by atoms with Crippen LogP contribution in [0.4, 0.5) is 0 Å². The van der Waals surface area contributed by atoms with Gasteiger partial charge in [-0.2, -0.15) is 0 Å². The maximum Gasteiger partial charge on any atom is 0.250 e. The van der Waals surface area contributed by atoms with E-state index in [0.29, 0.717) is 6.54 Å². The maximum absolute atomic E-state index is 11.6. The molecule has 17 heavy (non-hydrogen) atoms. The number of aryl methyl sites for hydroxylation is 1. The first-order chi connectivity index (χ1) is 8.20. The van der Waals surface area contributed by atoms with E-state index in [1.165, 1.54) is 0 Å². The molecular formula is C14H15NO2. The third-order valence-electron chi connectivity index (χ3n) is 2.68. The SMILES string of the molecule is COc1cc(C)ccc1Cn1ccccc1=O. The highest BCUT2D eigenvalue weighted by Gasteiger charge is 2.04. The average Bonchev–Trinajstić information content (AvgIpc) is 2.34. The topological polar surface area (TPSA) is 31.2 Å². The third-order valence-corrected chi connectivity index (χ3v) is 2.68. The molecule has 1 aromatic carbocycles. The smallest absolute Gasteiger partial charge is 0.250 e. The molecule has 0 bridgehead atoms. The van der Waals surface area contributed by atoms with Crippen LogP contribution in [0.1, 0.15) is 11.1 Å². The molecule has 0 saturated carbocycles. The van der Waals surface area contributed by atoms with Gasteiger partial charge in [-0.25, -0.2) is 0 Å². The van der Waals surface area contributed by atoms with Crippen LogP contribution in [-0.2, 0) is 6.54 Å². The lowest BCUT2D eigenvalue weighted by molar-refractivity contribution is 0.408. The van der Waals surface area contributed by atoms with Crippen LogP contribution >= 0.6 is 0 Å². The fourth-order valence-corrected chi connectivity index (χ4v) is 1.76. The fraction of sp³-hybridized carbons (Fsp3) is 0.214. The van der Waals surface area contributed by atoms with E-state index in [4.69, 9.17) is 4.74 Å². The molecule has 0 saturated heterocycles. The molecule has 1 aromatic heterocycles. The minimum absolute atomic E-state index is 0.00451. The standard InChI is InChI=1S/C14H15NO2/c1-11-6-7-12(13(9-11)17-2)10-15-8-4-3-5-14(15)16/h3-9H,10H2,1-2H3. The summed E-state index contributed by atoms with van der Waals surface area (Å²) in [5.74, 6) is 0.820. The molecule has 0 amide bonds. The Hall–Kier alpha value is -2.03. The van der Waals surface area contributed by atoms with Crippen LogP contribution in [0.3, 0.4) is 0 Å². The van der Waals surface area contributed by atoms with Crippen LogP contribution in [0.5, 0.6) is 5.75 Å². The van der Waals surface area contributed by atoms with Gasteiger partial charge in [-0.05, 0) is 24.6 Å². The van der Waals surface area contributed by atoms with Gasteiger partial charge in [-0.3, -0.25) is 4.79 Å². The number of nitrogens with zero attached hydrogens (tertiary/aromatic N) is 1. The van der Waals surface area contributed by atoms with Gasteiger partial charge in [0.05, 0.1) is 13.7 Å². The monoisotopic (exact) mass is 229 g/mol. The predicted molar refractivity (Wildman–Crippen MR) is 67.5 cm³/mol. The van der Waals surface area contributed by atoms with Gasteiger partial charge >= 0.3 is 0 Å². The van der Waals surface area contributed by atoms with Gasteiger partial charge in [0.25, 0.3) is 5.56 Å². The lowest BCUT2D eigenvalue weighted by Crippen LogP contribution is -2.18. The van der Waals surface area contributed by atoms with Crippen molar-refractivity contribution in [3.63, 3.8) is 0 Å². The van der Waals surface area contributed by atoms with Crippen LogP contribution in [-0.4, -0.2) is 11.7 Å². The van der Waals surface area contributed by atoms with E-state index < -0.39 is 0 Å². The number of methoxy groups -OCH3 is 1. The van der Waals surface area contributed by atoms with E-state index in [9.17, 15) is 4.79 Å². The number of ether oxygens (including phenoxy) is 1. The summed E-state index contributed by atoms with van der Waals surface area (Å²) in [6.45, 7) is 2.55. The molecule has 1 heterocycles. The normalized spacial score (nSPS) is 10.2. The zero-order chi connectivity index (χ0) is 12.3. The molecule has 0 atom stereocenters. The molecule has 0 aliphatic rings. The van der Waals surface area contributed by atoms with E-state index in [2.05, 4.69) is 0 Å². The van der Waals surface area contributed by atoms with Crippen molar-refractivity contribution in [1.82, 2.24) is 4.57 Å². The number of benzene rings is 1. The summed E-state index contributed by atoms with van der Waals surface area (Å²) in [6.07, 6.45) is 1.78. The predicted octanol–water partition coefficient (Wildman–Crippen LogP) is 2.21. The minimum atomic E-state index is -0.00451. The Balaban J connectivity index is 2.36. The largest absolute Gasteiger partial charge is 0.496 e. The van der Waals surface area contributed by atoms with Gasteiger partial charge in [0.2, 0.25) is 0 Å². The van der Waals surface area contributed by atoms with Crippen molar-refractivity contribution in [2.24, 2.45) is 0 Å². The Bertz CT molecular complexity index is 572. The fourth-order valence-electron chi connectivity index (χ4n) is 1.76. The van der Waals surface area contributed by atoms with Crippen molar-refractivity contribution in [2.45, 2.75) is 13.5 Å². The molecule has 0 aliphatic heterocycles. The minimum Gasteiger partial charge on any atom is -0.496 e. The first-order valence-electron chi connectivity index (χ1n) is 5.49. The lowest BCUT2D eigenvalue weighted by atomic mass is 10.1. The zero-order valence-electron chi connectivity index (χ0n) is 10.0. The molecule has 2 rings (SSSR count). The van der Waals surface area contributed by atoms with Crippen LogP contribution in [0.15, 0.2) is 47.4 Å². The van der Waals surface area contributed by atoms with Gasteiger partial charge in [0.1, 0.15) is 5.75 Å². The van der Waals surface area contributed by atoms with Gasteiger partial charge in [-0.1, -0.05) is 18.2 Å². The first-order valence-corrected chi connectivity index (χ1v) is 5.49. The van der Waals surface area contributed by atoms with Crippen molar-refractivity contribution in [1.29, 1.82) is 0 Å². The molecule has 0 fully saturated rings. The number of aromatic nitrogens is 1. The lowest BCUT2D eigenvalue weighted by Gasteiger charge is -2.10. The third kappa shape index (κ3) is 2.56. The zero-order valence-corrected chi connectivity index (χ0v) is 10.0. The molecule has 3 heteroatoms. The van der Waals surface area contributed by atoms with Gasteiger partial charge in [0, 0.05) is 17.8 Å². The summed E-state index contributed by atoms with van der Waals surface area (Å²) in [6, 6.07) is 11.1. The van der Waals surface area contributed by atoms with Crippen molar-refractivity contribution >= 4 is 0 Å². The summed E-state index contributed by atoms with van der Waals surface area (Å²) in [5.41, 5.74) is 2.15. The van der Waals surface area contributed by atoms with E-state index in [1.807, 2.05) is 31.2 Å². The second kappa shape index (κ2) is 4.87. The van der Waals surface area contributed by atoms with Crippen molar-refractivity contribution in [2.75, 3.05) is 7.11 Å². The highest BCUT2D eigenvalue weighted by molar-refractivity contribution is 5.37. The summed E-state index contributed by atoms with van der Waals surface area (Å²) in [5, 5.41) is 0. The molecule has 88 valence electrons. The van der Waals surface area contributed by atoms with Crippen LogP contribution in [0.2, 0.25) is 0 Å². The Morgan fingerprint density at radius 1 is 1.24 bits per heavy atom. The van der Waals surface area contributed by atoms with E-state index in [0.717, 1.165) is 16.9 Å². The van der Waals surface area contributed by atoms with E-state index in [1.54, 1.807) is 30.0 Å². The average molecular weight is 229 g/mol. The quantitative estimate of drug-likeness (QED) is 0.808. The van der Waals surface area contributed by atoms with Crippen LogP contribution < -0.4 is 10.3 Å². The number of hydrogen-bond acceptors (Lipinski definition) is 2. The Labute approximate surface area is 100 Å². The second-order valence-electron chi connectivity index (χ2n) is 3.98. The maximum atomic E-state index is 11.6. The molecule has 0 unspecified atom stereocenters. The van der Waals surface area contributed by atoms with Crippen molar-refractivity contribution < 1.29 is 4.74 Å². The molecule has 0 aliphatic carbocycles. The molecule has 3 nitrogen and oxygen atoms in total. The summed E-state index contributed by atoms with van der Waals surface area (Å²) in [4.78, 5) is 11.6. The molecule has 2 aromatic rings. The van der Waals surface area contributed by atoms with Crippen molar-refractivity contribution in [3.05, 3.63) is 64.1 Å². The Morgan fingerprint density at radius 3 is 2.76 bits per heavy atom. The van der Waals surface area contributed by atoms with Crippen LogP contribution in [0, 0.1) is 6.92 Å². The number of hydrogen-bond donors (Lipinski definition) is 0. The van der Waals surface area contributed by atoms with Gasteiger partial charge in [0.15, 0.2) is 0 Å². The summed E-state index contributed by atoms with van der Waals surface area (Å²) in [7, 11) is 1.64. The Morgan fingerprint density at radius 2 is 2.06 bits per heavy atom. The van der Waals surface area contributed by atoms with Crippen molar-refractivity contribution in [3.8, 4) is 5.75 Å². The molecule has 0 N–H and O–H groups in total. The van der Waals surface area contributed by atoms with Crippen LogP contribution in [0.25, 0.3) is 0 Å². The van der Waals surface area contributed by atoms with Gasteiger partial charge < -0.3 is 9.30 Å². The first kappa shape index (κ1) is 11.5. The summed E-state index contributed by atoms with van der Waals surface area (Å²) >= 11 is 0. The molecular weight excluding hydrogens is 214 g/mol. The van der Waals surface area contributed by atoms with E-state index >= 15 is 0 Å². The highest BCUT2D eigenvalue weighted by atomic mass is 16.5. The summed E-state index contributed by atoms with van der Waals surface area (Å²) < 4.78 is 6.98. The molecule has 0 radical (unpaired) electrons. The number of rotatable bonds is 3. The van der Waals surface area contributed by atoms with Gasteiger partial charge in [-0.15, -0.1) is 0 Å². The Kier molecular flexibility index (Phi) is 3.28. The van der Waals surface area contributed by atoms with E-state index in [-0.39, 0.29) is 5.56 Å². The highest BCUT2D eigenvalue weighted by Crippen LogP contribution is 2.20. The molecule has 0 spiro atoms.